The number of hydrogen-bond acceptors (Lipinski definition) is 5. The third-order valence-corrected chi connectivity index (χ3v) is 11.4. The van der Waals surface area contributed by atoms with Gasteiger partial charge in [-0.3, -0.25) is 4.57 Å². The van der Waals surface area contributed by atoms with Gasteiger partial charge in [0.1, 0.15) is 24.0 Å². The first-order valence-electron chi connectivity index (χ1n) is 19.8. The normalized spacial score (nSPS) is 12.9. The van der Waals surface area contributed by atoms with Gasteiger partial charge in [-0.05, 0) is 89.8 Å². The third-order valence-electron chi connectivity index (χ3n) is 11.4. The van der Waals surface area contributed by atoms with E-state index in [1.165, 1.54) is 27.2 Å². The highest BCUT2D eigenvalue weighted by Crippen LogP contribution is 2.47. The maximum atomic E-state index is 6.71. The summed E-state index contributed by atoms with van der Waals surface area (Å²) in [5.74, 6) is 3.31. The Labute approximate surface area is 336 Å². The molecule has 58 heavy (non-hydrogen) atoms. The van der Waals surface area contributed by atoms with Crippen molar-refractivity contribution >= 4 is 66.5 Å². The van der Waals surface area contributed by atoms with E-state index in [-0.39, 0.29) is 5.41 Å². The van der Waals surface area contributed by atoms with E-state index >= 15 is 0 Å². The van der Waals surface area contributed by atoms with Crippen molar-refractivity contribution in [1.29, 1.82) is 0 Å². The van der Waals surface area contributed by atoms with Crippen molar-refractivity contribution in [2.45, 2.75) is 26.2 Å². The quantitative estimate of drug-likeness (QED) is 0.169. The fraction of sp³-hybridized carbons (Fsp3) is 0.0980. The standard InChI is InChI=1S/C51H40N6O/c1-51(2,3)34-27-29-52-48(30-34)57-44-22-10-7-18-39(44)41-26-25-38(32-47(41)57)58-37-17-11-16-36(31-37)54-33-55(50-46(54)24-13-28-53-50)45-23-12-20-42-40-19-8-9-21-43(40)56(49(42)45)35-14-5-4-6-15-35/h4-32H,33H2,1-3H3. The van der Waals surface area contributed by atoms with Crippen molar-refractivity contribution in [1.82, 2.24) is 19.1 Å². The first-order chi connectivity index (χ1) is 28.4. The van der Waals surface area contributed by atoms with Crippen molar-refractivity contribution in [3.05, 3.63) is 182 Å². The first-order valence-corrected chi connectivity index (χ1v) is 19.8. The van der Waals surface area contributed by atoms with E-state index in [0.29, 0.717) is 6.67 Å². The van der Waals surface area contributed by atoms with Crippen LogP contribution in [0.3, 0.4) is 0 Å². The summed E-state index contributed by atoms with van der Waals surface area (Å²) >= 11 is 0. The Morgan fingerprint density at radius 1 is 0.483 bits per heavy atom. The molecule has 1 aliphatic heterocycles. The molecule has 7 heteroatoms. The van der Waals surface area contributed by atoms with Crippen molar-refractivity contribution in [2.24, 2.45) is 0 Å². The molecule has 0 saturated heterocycles. The van der Waals surface area contributed by atoms with Crippen molar-refractivity contribution in [3.63, 3.8) is 0 Å². The summed E-state index contributed by atoms with van der Waals surface area (Å²) in [6.45, 7) is 7.29. The van der Waals surface area contributed by atoms with E-state index < -0.39 is 0 Å². The summed E-state index contributed by atoms with van der Waals surface area (Å²) in [7, 11) is 0. The molecule has 6 aromatic carbocycles. The fourth-order valence-electron chi connectivity index (χ4n) is 8.69. The van der Waals surface area contributed by atoms with Crippen LogP contribution in [0.15, 0.2) is 176 Å². The third kappa shape index (κ3) is 5.42. The molecular weight excluding hydrogens is 713 g/mol. The number of pyridine rings is 2. The van der Waals surface area contributed by atoms with Crippen molar-refractivity contribution < 1.29 is 4.74 Å². The Kier molecular flexibility index (Phi) is 7.66. The average molecular weight is 753 g/mol. The van der Waals surface area contributed by atoms with Gasteiger partial charge in [0.2, 0.25) is 0 Å². The molecule has 0 unspecified atom stereocenters. The van der Waals surface area contributed by atoms with Crippen LogP contribution in [0.1, 0.15) is 26.3 Å². The number of ether oxygens (including phenoxy) is 1. The summed E-state index contributed by atoms with van der Waals surface area (Å²) in [6, 6.07) is 57.6. The zero-order valence-electron chi connectivity index (χ0n) is 32.5. The molecule has 5 heterocycles. The van der Waals surface area contributed by atoms with E-state index in [2.05, 4.69) is 191 Å². The van der Waals surface area contributed by atoms with Gasteiger partial charge in [-0.15, -0.1) is 0 Å². The lowest BCUT2D eigenvalue weighted by atomic mass is 9.88. The molecule has 0 bridgehead atoms. The van der Waals surface area contributed by atoms with Gasteiger partial charge in [-0.25, -0.2) is 9.97 Å². The molecule has 0 spiro atoms. The molecule has 0 fully saturated rings. The summed E-state index contributed by atoms with van der Waals surface area (Å²) in [6.07, 6.45) is 3.80. The first kappa shape index (κ1) is 33.9. The minimum absolute atomic E-state index is 0.00577. The number of para-hydroxylation sites is 4. The van der Waals surface area contributed by atoms with Gasteiger partial charge >= 0.3 is 0 Å². The topological polar surface area (TPSA) is 51.4 Å². The molecular formula is C51H40N6O. The van der Waals surface area contributed by atoms with E-state index in [1.807, 2.05) is 24.5 Å². The second-order valence-electron chi connectivity index (χ2n) is 16.0. The molecule has 10 aromatic rings. The number of benzene rings is 6. The number of fused-ring (bicyclic) bond motifs is 7. The lowest BCUT2D eigenvalue weighted by Crippen LogP contribution is -2.24. The molecule has 1 aliphatic rings. The summed E-state index contributed by atoms with van der Waals surface area (Å²) in [4.78, 5) is 14.5. The molecule has 11 rings (SSSR count). The average Bonchev–Trinajstić information content (AvgIpc) is 3.92. The van der Waals surface area contributed by atoms with Crippen LogP contribution in [-0.2, 0) is 5.41 Å². The molecule has 0 radical (unpaired) electrons. The van der Waals surface area contributed by atoms with Gasteiger partial charge in [0.05, 0.1) is 33.4 Å². The van der Waals surface area contributed by atoms with E-state index in [0.717, 1.165) is 67.8 Å². The van der Waals surface area contributed by atoms with Crippen LogP contribution in [-0.4, -0.2) is 25.8 Å². The molecule has 0 amide bonds. The summed E-state index contributed by atoms with van der Waals surface area (Å²) < 4.78 is 11.4. The predicted molar refractivity (Wildman–Crippen MR) is 238 cm³/mol. The molecule has 0 N–H and O–H groups in total. The van der Waals surface area contributed by atoms with E-state index in [4.69, 9.17) is 14.7 Å². The van der Waals surface area contributed by atoms with Gasteiger partial charge in [-0.1, -0.05) is 93.6 Å². The Hall–Kier alpha value is -7.38. The van der Waals surface area contributed by atoms with Crippen LogP contribution in [0.25, 0.3) is 55.1 Å². The van der Waals surface area contributed by atoms with Gasteiger partial charge in [0, 0.05) is 57.4 Å². The van der Waals surface area contributed by atoms with Crippen LogP contribution < -0.4 is 14.5 Å². The Morgan fingerprint density at radius 3 is 1.98 bits per heavy atom. The van der Waals surface area contributed by atoms with Crippen LogP contribution in [0, 0.1) is 0 Å². The Bertz CT molecular complexity index is 3190. The molecule has 0 saturated carbocycles. The Morgan fingerprint density at radius 2 is 1.16 bits per heavy atom. The maximum Gasteiger partial charge on any atom is 0.158 e. The van der Waals surface area contributed by atoms with Crippen LogP contribution in [0.4, 0.5) is 22.9 Å². The molecule has 7 nitrogen and oxygen atoms in total. The zero-order chi connectivity index (χ0) is 39.0. The molecule has 0 aliphatic carbocycles. The lowest BCUT2D eigenvalue weighted by Gasteiger charge is -2.23. The van der Waals surface area contributed by atoms with Crippen molar-refractivity contribution in [3.8, 4) is 23.0 Å². The van der Waals surface area contributed by atoms with E-state index in [9.17, 15) is 0 Å². The fourth-order valence-corrected chi connectivity index (χ4v) is 8.69. The van der Waals surface area contributed by atoms with Gasteiger partial charge in [-0.2, -0.15) is 0 Å². The molecule has 0 atom stereocenters. The highest BCUT2D eigenvalue weighted by atomic mass is 16.5. The number of hydrogen-bond donors (Lipinski definition) is 0. The van der Waals surface area contributed by atoms with Crippen molar-refractivity contribution in [2.75, 3.05) is 16.5 Å². The number of nitrogens with zero attached hydrogens (tertiary/aromatic N) is 6. The molecule has 280 valence electrons. The Balaban J connectivity index is 0.978. The van der Waals surface area contributed by atoms with Gasteiger partial charge in [0.25, 0.3) is 0 Å². The predicted octanol–water partition coefficient (Wildman–Crippen LogP) is 13.0. The smallest absolute Gasteiger partial charge is 0.158 e. The van der Waals surface area contributed by atoms with Crippen LogP contribution in [0.5, 0.6) is 11.5 Å². The number of anilines is 4. The van der Waals surface area contributed by atoms with Gasteiger partial charge < -0.3 is 19.1 Å². The van der Waals surface area contributed by atoms with Crippen LogP contribution >= 0.6 is 0 Å². The largest absolute Gasteiger partial charge is 0.457 e. The zero-order valence-corrected chi connectivity index (χ0v) is 32.5. The summed E-state index contributed by atoms with van der Waals surface area (Å²) in [5, 5.41) is 4.76. The molecule has 4 aromatic heterocycles. The van der Waals surface area contributed by atoms with Gasteiger partial charge in [0.15, 0.2) is 5.82 Å². The monoisotopic (exact) mass is 752 g/mol. The van der Waals surface area contributed by atoms with Crippen LogP contribution in [0.2, 0.25) is 0 Å². The lowest BCUT2D eigenvalue weighted by molar-refractivity contribution is 0.483. The second-order valence-corrected chi connectivity index (χ2v) is 16.0. The summed E-state index contributed by atoms with van der Waals surface area (Å²) in [5.41, 5.74) is 9.99. The highest BCUT2D eigenvalue weighted by Gasteiger charge is 2.32. The number of aromatic nitrogens is 4. The highest BCUT2D eigenvalue weighted by molar-refractivity contribution is 6.14. The second kappa shape index (κ2) is 13.1. The minimum atomic E-state index is -0.00577. The minimum Gasteiger partial charge on any atom is -0.457 e. The maximum absolute atomic E-state index is 6.71. The SMILES string of the molecule is CC(C)(C)c1ccnc(-n2c3ccccc3c3ccc(Oc4cccc(N5CN(c6cccc7c8ccccc8n(-c8ccccc8)c67)c6ncccc65)c4)cc32)c1. The number of rotatable bonds is 6. The van der Waals surface area contributed by atoms with E-state index in [1.54, 1.807) is 0 Å².